The second kappa shape index (κ2) is 26.7. The van der Waals surface area contributed by atoms with Gasteiger partial charge in [0.1, 0.15) is 49.3 Å². The van der Waals surface area contributed by atoms with Crippen molar-refractivity contribution in [3.05, 3.63) is 251 Å². The molecule has 0 aromatic heterocycles. The first-order valence-corrected chi connectivity index (χ1v) is 24.7. The Hall–Kier alpha value is -5.90. The summed E-state index contributed by atoms with van der Waals surface area (Å²) in [5.74, 6) is -2.06. The minimum Gasteiger partial charge on any atom is -0.374 e. The summed E-state index contributed by atoms with van der Waals surface area (Å²) in [7, 11) is 0. The molecule has 9 atom stereocenters. The molecule has 2 saturated heterocycles. The van der Waals surface area contributed by atoms with E-state index in [9.17, 15) is 5.11 Å². The molecule has 2 heterocycles. The first kappa shape index (κ1) is 51.0. The van der Waals surface area contributed by atoms with Crippen LogP contribution in [0.1, 0.15) is 38.9 Å². The third-order valence-electron chi connectivity index (χ3n) is 12.7. The van der Waals surface area contributed by atoms with E-state index in [1.807, 2.05) is 212 Å². The number of aliphatic hydroxyl groups is 1. The van der Waals surface area contributed by atoms with Gasteiger partial charge in [-0.25, -0.2) is 0 Å². The molecule has 0 saturated carbocycles. The molecule has 2 aliphatic rings. The van der Waals surface area contributed by atoms with Crippen molar-refractivity contribution in [3.63, 3.8) is 0 Å². The van der Waals surface area contributed by atoms with Crippen LogP contribution in [-0.2, 0) is 93.6 Å². The summed E-state index contributed by atoms with van der Waals surface area (Å²) in [5, 5.41) is 13.0. The smallest absolute Gasteiger partial charge is 0.219 e. The number of hydrogen-bond acceptors (Lipinski definition) is 11. The van der Waals surface area contributed by atoms with Gasteiger partial charge in [-0.3, -0.25) is 0 Å². The van der Waals surface area contributed by atoms with E-state index in [1.165, 1.54) is 0 Å². The van der Waals surface area contributed by atoms with Crippen LogP contribution in [-0.4, -0.2) is 79.7 Å². The molecule has 11 nitrogen and oxygen atoms in total. The van der Waals surface area contributed by atoms with Gasteiger partial charge in [0.05, 0.1) is 59.5 Å². The predicted octanol–water partition coefficient (Wildman–Crippen LogP) is 10.2. The molecule has 2 fully saturated rings. The van der Waals surface area contributed by atoms with Gasteiger partial charge < -0.3 is 52.5 Å². The van der Waals surface area contributed by atoms with Crippen molar-refractivity contribution in [1.29, 1.82) is 0 Å². The molecule has 0 bridgehead atoms. The third-order valence-corrected chi connectivity index (χ3v) is 12.7. The molecule has 0 aliphatic carbocycles. The molecule has 2 aliphatic heterocycles. The minimum absolute atomic E-state index is 0.0723. The van der Waals surface area contributed by atoms with Crippen LogP contribution in [0.25, 0.3) is 0 Å². The molecule has 1 unspecified atom stereocenters. The average molecular weight is 973 g/mol. The van der Waals surface area contributed by atoms with Gasteiger partial charge in [0.2, 0.25) is 5.79 Å². The molecular weight excluding hydrogens is 909 g/mol. The largest absolute Gasteiger partial charge is 0.374 e. The number of rotatable bonds is 26. The van der Waals surface area contributed by atoms with Gasteiger partial charge in [0.25, 0.3) is 0 Å². The molecule has 7 aromatic carbocycles. The highest BCUT2D eigenvalue weighted by Gasteiger charge is 2.59. The van der Waals surface area contributed by atoms with Crippen molar-refractivity contribution < 1.29 is 52.5 Å². The average Bonchev–Trinajstić information content (AvgIpc) is 3.69. The van der Waals surface area contributed by atoms with Crippen molar-refractivity contribution in [3.8, 4) is 0 Å². The van der Waals surface area contributed by atoms with Crippen LogP contribution in [0.5, 0.6) is 0 Å². The Bertz CT molecular complexity index is 2560. The second-order valence-corrected chi connectivity index (χ2v) is 18.1. The first-order valence-electron chi connectivity index (χ1n) is 24.7. The SMILES string of the molecule is OC1(COCc2ccccc2)O[C@H](COCc2ccccc2)[C@@H](OCc2ccccc2)[C@@H]1O[C@H]1O[C@H](COCc2ccccc2)[C@@H](OCc2ccccc2)[C@H](OCc2ccccc2)[C@H]1OCc1ccccc1. The number of ether oxygens (including phenoxy) is 10. The summed E-state index contributed by atoms with van der Waals surface area (Å²) in [5.41, 5.74) is 6.73. The standard InChI is InChI=1S/C61H64O11/c62-61(45-65-38-48-26-12-3-13-27-48)59(56(67-40-50-30-16-5-17-31-50)54(72-61)44-64-37-47-24-10-2-11-25-47)71-60-58(69-42-52-34-20-7-21-35-52)57(68-41-51-32-18-6-19-33-51)55(66-39-49-28-14-4-15-29-49)53(70-60)43-63-36-46-22-8-1-9-23-46/h1-35,53-60,62H,36-45H2/t53-,54-,55-,56-,57+,58-,59+,60-,61?/m1/s1. The Morgan fingerprint density at radius 2 is 0.667 bits per heavy atom. The highest BCUT2D eigenvalue weighted by atomic mass is 16.8. The second-order valence-electron chi connectivity index (χ2n) is 18.1. The lowest BCUT2D eigenvalue weighted by atomic mass is 9.97. The Balaban J connectivity index is 1.08. The van der Waals surface area contributed by atoms with Gasteiger partial charge in [0, 0.05) is 0 Å². The van der Waals surface area contributed by atoms with Crippen LogP contribution in [0, 0.1) is 0 Å². The highest BCUT2D eigenvalue weighted by molar-refractivity contribution is 5.19. The van der Waals surface area contributed by atoms with Gasteiger partial charge in [0.15, 0.2) is 6.29 Å². The maximum atomic E-state index is 13.0. The summed E-state index contributed by atoms with van der Waals surface area (Å²) in [4.78, 5) is 0. The van der Waals surface area contributed by atoms with Crippen molar-refractivity contribution in [1.82, 2.24) is 0 Å². The van der Waals surface area contributed by atoms with Crippen LogP contribution >= 0.6 is 0 Å². The van der Waals surface area contributed by atoms with Crippen molar-refractivity contribution in [2.75, 3.05) is 19.8 Å². The molecule has 72 heavy (non-hydrogen) atoms. The summed E-state index contributed by atoms with van der Waals surface area (Å²) in [6.45, 7) is 1.66. The van der Waals surface area contributed by atoms with Crippen molar-refractivity contribution in [2.45, 2.75) is 101 Å². The van der Waals surface area contributed by atoms with E-state index < -0.39 is 54.8 Å². The highest BCUT2D eigenvalue weighted by Crippen LogP contribution is 2.40. The molecular formula is C61H64O11. The molecule has 0 amide bonds. The Morgan fingerprint density at radius 1 is 0.347 bits per heavy atom. The first-order chi connectivity index (χ1) is 35.6. The molecule has 11 heteroatoms. The monoisotopic (exact) mass is 972 g/mol. The maximum absolute atomic E-state index is 13.0. The number of benzene rings is 7. The van der Waals surface area contributed by atoms with Crippen LogP contribution in [0.2, 0.25) is 0 Å². The third kappa shape index (κ3) is 14.6. The molecule has 1 N–H and O–H groups in total. The molecule has 374 valence electrons. The zero-order valence-corrected chi connectivity index (χ0v) is 40.4. The molecule has 0 spiro atoms. The van der Waals surface area contributed by atoms with E-state index in [1.54, 1.807) is 0 Å². The van der Waals surface area contributed by atoms with Crippen molar-refractivity contribution >= 4 is 0 Å². The van der Waals surface area contributed by atoms with Gasteiger partial charge in [-0.05, 0) is 38.9 Å². The fourth-order valence-electron chi connectivity index (χ4n) is 9.00. The van der Waals surface area contributed by atoms with Gasteiger partial charge >= 0.3 is 0 Å². The Labute approximate surface area is 423 Å². The van der Waals surface area contributed by atoms with Gasteiger partial charge in [-0.2, -0.15) is 0 Å². The zero-order valence-electron chi connectivity index (χ0n) is 40.4. The predicted molar refractivity (Wildman–Crippen MR) is 272 cm³/mol. The summed E-state index contributed by atoms with van der Waals surface area (Å²) >= 11 is 0. The minimum atomic E-state index is -2.06. The summed E-state index contributed by atoms with van der Waals surface area (Å²) in [6, 6.07) is 69.4. The lowest BCUT2D eigenvalue weighted by molar-refractivity contribution is -0.360. The fourth-order valence-corrected chi connectivity index (χ4v) is 9.00. The topological polar surface area (TPSA) is 113 Å². The van der Waals surface area contributed by atoms with Crippen LogP contribution in [0.3, 0.4) is 0 Å². The molecule has 0 radical (unpaired) electrons. The van der Waals surface area contributed by atoms with E-state index in [-0.39, 0.29) is 52.9 Å². The molecule has 9 rings (SSSR count). The normalized spacial score (nSPS) is 24.0. The maximum Gasteiger partial charge on any atom is 0.219 e. The van der Waals surface area contributed by atoms with Gasteiger partial charge in [-0.15, -0.1) is 0 Å². The van der Waals surface area contributed by atoms with E-state index in [4.69, 9.17) is 47.4 Å². The quantitative estimate of drug-likeness (QED) is 0.0560. The number of hydrogen-bond donors (Lipinski definition) is 1. The fraction of sp³-hybridized carbons (Fsp3) is 0.311. The Kier molecular flexibility index (Phi) is 18.9. The van der Waals surface area contributed by atoms with E-state index >= 15 is 0 Å². The Morgan fingerprint density at radius 3 is 1.07 bits per heavy atom. The lowest BCUT2D eigenvalue weighted by Gasteiger charge is -2.47. The van der Waals surface area contributed by atoms with Crippen LogP contribution in [0.4, 0.5) is 0 Å². The van der Waals surface area contributed by atoms with E-state index in [0.717, 1.165) is 38.9 Å². The van der Waals surface area contributed by atoms with E-state index in [0.29, 0.717) is 13.2 Å². The van der Waals surface area contributed by atoms with E-state index in [2.05, 4.69) is 0 Å². The van der Waals surface area contributed by atoms with Gasteiger partial charge in [-0.1, -0.05) is 212 Å². The zero-order chi connectivity index (χ0) is 49.1. The summed E-state index contributed by atoms with van der Waals surface area (Å²) in [6.07, 6.45) is -7.31. The van der Waals surface area contributed by atoms with Crippen LogP contribution < -0.4 is 0 Å². The lowest BCUT2D eigenvalue weighted by Crippen LogP contribution is -2.64. The summed E-state index contributed by atoms with van der Waals surface area (Å²) < 4.78 is 68.1. The van der Waals surface area contributed by atoms with Crippen molar-refractivity contribution in [2.24, 2.45) is 0 Å². The van der Waals surface area contributed by atoms with Crippen LogP contribution in [0.15, 0.2) is 212 Å². The molecule has 7 aromatic rings.